The fourth-order valence-electron chi connectivity index (χ4n) is 3.32. The van der Waals surface area contributed by atoms with Gasteiger partial charge in [0, 0.05) is 12.7 Å². The highest BCUT2D eigenvalue weighted by Gasteiger charge is 2.32. The molecule has 2 aromatic rings. The largest absolute Gasteiger partial charge is 0.497 e. The molecule has 1 aromatic carbocycles. The molecule has 1 atom stereocenters. The fraction of sp³-hybridized carbons (Fsp3) is 0.400. The van der Waals surface area contributed by atoms with Gasteiger partial charge in [-0.1, -0.05) is 12.1 Å². The number of carbonyl (C=O) groups excluding carboxylic acids is 1. The van der Waals surface area contributed by atoms with Crippen LogP contribution in [-0.4, -0.2) is 42.5 Å². The number of hydrogen-bond acceptors (Lipinski definition) is 4. The minimum atomic E-state index is -4.52. The lowest BCUT2D eigenvalue weighted by atomic mass is 10.0. The van der Waals surface area contributed by atoms with Crippen LogP contribution in [0.15, 0.2) is 42.6 Å². The van der Waals surface area contributed by atoms with E-state index in [0.717, 1.165) is 55.6 Å². The summed E-state index contributed by atoms with van der Waals surface area (Å²) >= 11 is 0. The Kier molecular flexibility index (Phi) is 6.18. The van der Waals surface area contributed by atoms with Crippen molar-refractivity contribution < 1.29 is 22.7 Å². The number of halogens is 3. The van der Waals surface area contributed by atoms with Gasteiger partial charge >= 0.3 is 6.18 Å². The maximum Gasteiger partial charge on any atom is 0.433 e. The molecule has 3 rings (SSSR count). The van der Waals surface area contributed by atoms with Gasteiger partial charge in [0.15, 0.2) is 0 Å². The molecule has 1 amide bonds. The van der Waals surface area contributed by atoms with Gasteiger partial charge in [0.25, 0.3) is 5.91 Å². The molecule has 1 aromatic heterocycles. The van der Waals surface area contributed by atoms with Crippen LogP contribution < -0.4 is 10.1 Å². The Bertz CT molecular complexity index is 786. The third-order valence-corrected chi connectivity index (χ3v) is 4.85. The molecular formula is C20H22F3N3O2. The van der Waals surface area contributed by atoms with E-state index in [1.807, 2.05) is 24.3 Å². The second-order valence-electron chi connectivity index (χ2n) is 6.67. The van der Waals surface area contributed by atoms with Crippen molar-refractivity contribution in [3.63, 3.8) is 0 Å². The van der Waals surface area contributed by atoms with Crippen molar-refractivity contribution in [3.05, 3.63) is 59.4 Å². The van der Waals surface area contributed by atoms with Gasteiger partial charge in [0.1, 0.15) is 11.4 Å². The van der Waals surface area contributed by atoms with Crippen LogP contribution >= 0.6 is 0 Å². The third-order valence-electron chi connectivity index (χ3n) is 4.85. The van der Waals surface area contributed by atoms with Gasteiger partial charge in [-0.25, -0.2) is 0 Å². The van der Waals surface area contributed by atoms with Crippen LogP contribution in [-0.2, 0) is 6.18 Å². The number of benzene rings is 1. The van der Waals surface area contributed by atoms with Gasteiger partial charge in [0.05, 0.1) is 18.7 Å². The monoisotopic (exact) mass is 393 g/mol. The summed E-state index contributed by atoms with van der Waals surface area (Å²) in [4.78, 5) is 18.0. The van der Waals surface area contributed by atoms with E-state index >= 15 is 0 Å². The molecule has 1 saturated heterocycles. The van der Waals surface area contributed by atoms with E-state index in [4.69, 9.17) is 4.74 Å². The summed E-state index contributed by atoms with van der Waals surface area (Å²) in [5.41, 5.74) is 0.133. The molecule has 0 saturated carbocycles. The number of likely N-dealkylation sites (tertiary alicyclic amines) is 1. The standard InChI is InChI=1S/C20H22F3N3O2/c1-28-16-7-4-14(5-8-16)17(26-10-2-3-11-26)13-25-19(27)15-6-9-18(24-12-15)20(21,22)23/h4-9,12,17H,2-3,10-11,13H2,1H3,(H,25,27). The summed E-state index contributed by atoms with van der Waals surface area (Å²) < 4.78 is 43.0. The highest BCUT2D eigenvalue weighted by atomic mass is 19.4. The van der Waals surface area contributed by atoms with Gasteiger partial charge in [-0.05, 0) is 55.8 Å². The summed E-state index contributed by atoms with van der Waals surface area (Å²) in [5, 5.41) is 2.83. The molecule has 1 aliphatic rings. The molecule has 1 N–H and O–H groups in total. The molecule has 8 heteroatoms. The number of carbonyl (C=O) groups is 1. The molecule has 1 aliphatic heterocycles. The first-order chi connectivity index (χ1) is 13.4. The van der Waals surface area contributed by atoms with E-state index in [1.54, 1.807) is 7.11 Å². The molecule has 1 fully saturated rings. The number of nitrogens with zero attached hydrogens (tertiary/aromatic N) is 2. The summed E-state index contributed by atoms with van der Waals surface area (Å²) in [6, 6.07) is 9.63. The average Bonchev–Trinajstić information content (AvgIpc) is 3.22. The second-order valence-corrected chi connectivity index (χ2v) is 6.67. The Balaban J connectivity index is 1.69. The maximum absolute atomic E-state index is 12.6. The number of alkyl halides is 3. The number of amides is 1. The molecule has 0 bridgehead atoms. The van der Waals surface area contributed by atoms with Gasteiger partial charge in [-0.2, -0.15) is 13.2 Å². The number of methoxy groups -OCH3 is 1. The van der Waals surface area contributed by atoms with Gasteiger partial charge < -0.3 is 10.1 Å². The van der Waals surface area contributed by atoms with E-state index in [2.05, 4.69) is 15.2 Å². The predicted molar refractivity (Wildman–Crippen MR) is 98.1 cm³/mol. The van der Waals surface area contributed by atoms with Crippen molar-refractivity contribution in [2.75, 3.05) is 26.7 Å². The van der Waals surface area contributed by atoms with E-state index in [1.165, 1.54) is 0 Å². The molecule has 0 radical (unpaired) electrons. The lowest BCUT2D eigenvalue weighted by Gasteiger charge is -2.28. The molecular weight excluding hydrogens is 371 g/mol. The quantitative estimate of drug-likeness (QED) is 0.814. The van der Waals surface area contributed by atoms with E-state index < -0.39 is 17.8 Å². The van der Waals surface area contributed by atoms with Crippen LogP contribution in [0.1, 0.15) is 40.5 Å². The summed E-state index contributed by atoms with van der Waals surface area (Å²) in [6.07, 6.45) is -1.37. The minimum Gasteiger partial charge on any atom is -0.497 e. The van der Waals surface area contributed by atoms with E-state index in [0.29, 0.717) is 6.54 Å². The molecule has 2 heterocycles. The number of nitrogens with one attached hydrogen (secondary N) is 1. The molecule has 5 nitrogen and oxygen atoms in total. The number of hydrogen-bond donors (Lipinski definition) is 1. The first-order valence-electron chi connectivity index (χ1n) is 9.08. The zero-order chi connectivity index (χ0) is 20.1. The number of ether oxygens (including phenoxy) is 1. The van der Waals surface area contributed by atoms with Crippen molar-refractivity contribution in [1.82, 2.24) is 15.2 Å². The van der Waals surface area contributed by atoms with Crippen LogP contribution in [0.4, 0.5) is 13.2 Å². The fourth-order valence-corrected chi connectivity index (χ4v) is 3.32. The van der Waals surface area contributed by atoms with Gasteiger partial charge in [-0.15, -0.1) is 0 Å². The first-order valence-corrected chi connectivity index (χ1v) is 9.08. The van der Waals surface area contributed by atoms with Crippen molar-refractivity contribution in [1.29, 1.82) is 0 Å². The number of aromatic nitrogens is 1. The Morgan fingerprint density at radius 2 is 1.86 bits per heavy atom. The van der Waals surface area contributed by atoms with Crippen molar-refractivity contribution >= 4 is 5.91 Å². The van der Waals surface area contributed by atoms with Gasteiger partial charge in [-0.3, -0.25) is 14.7 Å². The topological polar surface area (TPSA) is 54.5 Å². The van der Waals surface area contributed by atoms with Crippen LogP contribution in [0.3, 0.4) is 0 Å². The summed E-state index contributed by atoms with van der Waals surface area (Å²) in [5.74, 6) is 0.308. The normalized spacial score (nSPS) is 16.0. The Morgan fingerprint density at radius 3 is 2.39 bits per heavy atom. The predicted octanol–water partition coefficient (Wildman–Crippen LogP) is 3.68. The first kappa shape index (κ1) is 20.1. The lowest BCUT2D eigenvalue weighted by Crippen LogP contribution is -2.36. The summed E-state index contributed by atoms with van der Waals surface area (Å²) in [6.45, 7) is 2.23. The third kappa shape index (κ3) is 4.81. The maximum atomic E-state index is 12.6. The molecule has 28 heavy (non-hydrogen) atoms. The van der Waals surface area contributed by atoms with Crippen LogP contribution in [0.25, 0.3) is 0 Å². The SMILES string of the molecule is COc1ccc(C(CNC(=O)c2ccc(C(F)(F)F)nc2)N2CCCC2)cc1. The Labute approximate surface area is 161 Å². The van der Waals surface area contributed by atoms with Crippen molar-refractivity contribution in [3.8, 4) is 5.75 Å². The molecule has 0 spiro atoms. The van der Waals surface area contributed by atoms with Crippen molar-refractivity contribution in [2.24, 2.45) is 0 Å². The Hall–Kier alpha value is -2.61. The zero-order valence-corrected chi connectivity index (χ0v) is 15.5. The number of pyridine rings is 1. The van der Waals surface area contributed by atoms with Crippen molar-refractivity contribution in [2.45, 2.75) is 25.1 Å². The molecule has 150 valence electrons. The minimum absolute atomic E-state index is 0.0141. The average molecular weight is 393 g/mol. The van der Waals surface area contributed by atoms with Gasteiger partial charge in [0.2, 0.25) is 0 Å². The highest BCUT2D eigenvalue weighted by Crippen LogP contribution is 2.28. The van der Waals surface area contributed by atoms with Crippen LogP contribution in [0.5, 0.6) is 5.75 Å². The zero-order valence-electron chi connectivity index (χ0n) is 15.5. The summed E-state index contributed by atoms with van der Waals surface area (Å²) in [7, 11) is 1.60. The van der Waals surface area contributed by atoms with E-state index in [9.17, 15) is 18.0 Å². The van der Waals surface area contributed by atoms with Crippen LogP contribution in [0, 0.1) is 0 Å². The Morgan fingerprint density at radius 1 is 1.18 bits per heavy atom. The lowest BCUT2D eigenvalue weighted by molar-refractivity contribution is -0.141. The smallest absolute Gasteiger partial charge is 0.433 e. The van der Waals surface area contributed by atoms with Crippen LogP contribution in [0.2, 0.25) is 0 Å². The highest BCUT2D eigenvalue weighted by molar-refractivity contribution is 5.93. The number of rotatable bonds is 6. The molecule has 0 aliphatic carbocycles. The van der Waals surface area contributed by atoms with E-state index in [-0.39, 0.29) is 11.6 Å². The molecule has 1 unspecified atom stereocenters. The second kappa shape index (κ2) is 8.60.